The van der Waals surface area contributed by atoms with Crippen LogP contribution < -0.4 is 16.4 Å². The first-order chi connectivity index (χ1) is 7.27. The highest BCUT2D eigenvalue weighted by Gasteiger charge is 2.28. The van der Waals surface area contributed by atoms with E-state index in [1.165, 1.54) is 0 Å². The fourth-order valence-corrected chi connectivity index (χ4v) is 1.14. The number of amides is 2. The Hall–Kier alpha value is -1.30. The van der Waals surface area contributed by atoms with Gasteiger partial charge in [0.15, 0.2) is 0 Å². The molecule has 5 N–H and O–H groups in total. The molecule has 2 amide bonds. The lowest BCUT2D eigenvalue weighted by Crippen LogP contribution is -2.49. The van der Waals surface area contributed by atoms with Crippen molar-refractivity contribution in [2.24, 2.45) is 11.1 Å². The van der Waals surface area contributed by atoms with Crippen LogP contribution in [0, 0.1) is 5.41 Å². The van der Waals surface area contributed by atoms with E-state index in [9.17, 15) is 9.59 Å². The summed E-state index contributed by atoms with van der Waals surface area (Å²) in [7, 11) is 0. The van der Waals surface area contributed by atoms with E-state index in [1.54, 1.807) is 0 Å². The van der Waals surface area contributed by atoms with Gasteiger partial charge in [-0.25, -0.2) is 4.79 Å². The van der Waals surface area contributed by atoms with Gasteiger partial charge in [0.25, 0.3) is 0 Å². The van der Waals surface area contributed by atoms with E-state index < -0.39 is 12.0 Å². The number of carbonyl (C=O) groups excluding carboxylic acids is 1. The van der Waals surface area contributed by atoms with E-state index in [0.717, 1.165) is 0 Å². The van der Waals surface area contributed by atoms with Gasteiger partial charge in [0.1, 0.15) is 0 Å². The van der Waals surface area contributed by atoms with Crippen molar-refractivity contribution in [3.8, 4) is 0 Å². The fourth-order valence-electron chi connectivity index (χ4n) is 1.14. The molecule has 0 radical (unpaired) electrons. The van der Waals surface area contributed by atoms with Gasteiger partial charge in [0.2, 0.25) is 0 Å². The Kier molecular flexibility index (Phi) is 5.81. The predicted octanol–water partition coefficient (Wildman–Crippen LogP) is 0.134. The van der Waals surface area contributed by atoms with E-state index in [0.29, 0.717) is 13.1 Å². The average Bonchev–Trinajstić information content (AvgIpc) is 2.11. The molecule has 0 saturated heterocycles. The molecule has 0 aliphatic heterocycles. The van der Waals surface area contributed by atoms with Crippen molar-refractivity contribution in [3.05, 3.63) is 0 Å². The Morgan fingerprint density at radius 2 is 1.94 bits per heavy atom. The van der Waals surface area contributed by atoms with E-state index in [-0.39, 0.29) is 17.9 Å². The third-order valence-electron chi connectivity index (χ3n) is 2.16. The lowest BCUT2D eigenvalue weighted by Gasteiger charge is -2.30. The van der Waals surface area contributed by atoms with Crippen molar-refractivity contribution >= 4 is 12.0 Å². The number of carboxylic acids is 1. The van der Waals surface area contributed by atoms with Gasteiger partial charge in [-0.15, -0.1) is 0 Å². The molecule has 0 spiro atoms. The molecule has 0 aliphatic carbocycles. The van der Waals surface area contributed by atoms with Gasteiger partial charge in [0, 0.05) is 19.1 Å². The van der Waals surface area contributed by atoms with Crippen molar-refractivity contribution in [1.82, 2.24) is 10.6 Å². The number of hydrogen-bond donors (Lipinski definition) is 4. The molecule has 0 aromatic heterocycles. The maximum atomic E-state index is 11.4. The molecule has 1 unspecified atom stereocenters. The highest BCUT2D eigenvalue weighted by atomic mass is 16.4. The van der Waals surface area contributed by atoms with Crippen molar-refractivity contribution in [2.75, 3.05) is 13.1 Å². The molecule has 0 aromatic rings. The van der Waals surface area contributed by atoms with Gasteiger partial charge < -0.3 is 21.5 Å². The van der Waals surface area contributed by atoms with Gasteiger partial charge in [-0.2, -0.15) is 0 Å². The zero-order valence-corrected chi connectivity index (χ0v) is 10.0. The van der Waals surface area contributed by atoms with E-state index in [4.69, 9.17) is 10.8 Å². The van der Waals surface area contributed by atoms with E-state index in [1.807, 2.05) is 20.8 Å². The van der Waals surface area contributed by atoms with Crippen LogP contribution in [-0.4, -0.2) is 36.2 Å². The van der Waals surface area contributed by atoms with Crippen LogP contribution in [0.15, 0.2) is 0 Å². The van der Waals surface area contributed by atoms with E-state index >= 15 is 0 Å². The van der Waals surface area contributed by atoms with Crippen LogP contribution in [0.25, 0.3) is 0 Å². The number of carbonyl (C=O) groups is 2. The average molecular weight is 231 g/mol. The molecule has 0 aliphatic rings. The minimum atomic E-state index is -0.931. The first kappa shape index (κ1) is 14.7. The number of nitrogens with two attached hydrogens (primary N) is 1. The first-order valence-electron chi connectivity index (χ1n) is 5.23. The summed E-state index contributed by atoms with van der Waals surface area (Å²) in [4.78, 5) is 22.0. The van der Waals surface area contributed by atoms with Gasteiger partial charge in [-0.05, 0) is 5.41 Å². The minimum absolute atomic E-state index is 0.0977. The number of hydrogen-bond acceptors (Lipinski definition) is 3. The molecule has 1 atom stereocenters. The molecule has 6 heteroatoms. The summed E-state index contributed by atoms with van der Waals surface area (Å²) < 4.78 is 0. The molecule has 94 valence electrons. The predicted molar refractivity (Wildman–Crippen MR) is 61.1 cm³/mol. The summed E-state index contributed by atoms with van der Waals surface area (Å²) in [5, 5.41) is 13.9. The highest BCUT2D eigenvalue weighted by Crippen LogP contribution is 2.21. The van der Waals surface area contributed by atoms with E-state index in [2.05, 4.69) is 10.6 Å². The fraction of sp³-hybridized carbons (Fsp3) is 0.800. The topological polar surface area (TPSA) is 104 Å². The molecule has 0 saturated carbocycles. The van der Waals surface area contributed by atoms with Crippen LogP contribution in [0.4, 0.5) is 4.79 Å². The SMILES string of the molecule is CC(C)(C)C(CC(=O)O)NC(=O)NCCN. The van der Waals surface area contributed by atoms with Crippen molar-refractivity contribution in [3.63, 3.8) is 0 Å². The Morgan fingerprint density at radius 3 is 2.31 bits per heavy atom. The van der Waals surface area contributed by atoms with Crippen molar-refractivity contribution < 1.29 is 14.7 Å². The van der Waals surface area contributed by atoms with Crippen molar-refractivity contribution in [2.45, 2.75) is 33.2 Å². The van der Waals surface area contributed by atoms with Crippen molar-refractivity contribution in [1.29, 1.82) is 0 Å². The third kappa shape index (κ3) is 6.23. The number of aliphatic carboxylic acids is 1. The molecule has 6 nitrogen and oxygen atoms in total. The van der Waals surface area contributed by atoms with Gasteiger partial charge in [-0.1, -0.05) is 20.8 Å². The summed E-state index contributed by atoms with van der Waals surface area (Å²) in [6.07, 6.45) is -0.0977. The maximum Gasteiger partial charge on any atom is 0.315 e. The second kappa shape index (κ2) is 6.32. The highest BCUT2D eigenvalue weighted by molar-refractivity contribution is 5.75. The lowest BCUT2D eigenvalue weighted by molar-refractivity contribution is -0.138. The number of carboxylic acid groups (broad SMARTS) is 1. The van der Waals surface area contributed by atoms with Gasteiger partial charge >= 0.3 is 12.0 Å². The van der Waals surface area contributed by atoms with Crippen LogP contribution in [0.2, 0.25) is 0 Å². The van der Waals surface area contributed by atoms with Gasteiger partial charge in [0.05, 0.1) is 6.42 Å². The quantitative estimate of drug-likeness (QED) is 0.540. The third-order valence-corrected chi connectivity index (χ3v) is 2.16. The molecule has 0 bridgehead atoms. The molecular formula is C10H21N3O3. The Labute approximate surface area is 95.6 Å². The second-order valence-electron chi connectivity index (χ2n) is 4.71. The lowest BCUT2D eigenvalue weighted by atomic mass is 9.85. The standard InChI is InChI=1S/C10H21N3O3/c1-10(2,3)7(6-8(14)15)13-9(16)12-5-4-11/h7H,4-6,11H2,1-3H3,(H,14,15)(H2,12,13,16). The van der Waals surface area contributed by atoms with Crippen LogP contribution in [0.1, 0.15) is 27.2 Å². The monoisotopic (exact) mass is 231 g/mol. The molecule has 0 rings (SSSR count). The van der Waals surface area contributed by atoms with Crippen LogP contribution in [0.3, 0.4) is 0 Å². The summed E-state index contributed by atoms with van der Waals surface area (Å²) in [6.45, 7) is 6.36. The first-order valence-corrected chi connectivity index (χ1v) is 5.23. The zero-order valence-electron chi connectivity index (χ0n) is 10.0. The minimum Gasteiger partial charge on any atom is -0.481 e. The smallest absolute Gasteiger partial charge is 0.315 e. The Bertz CT molecular complexity index is 248. The number of nitrogens with one attached hydrogen (secondary N) is 2. The zero-order chi connectivity index (χ0) is 12.8. The molecule has 0 fully saturated rings. The Morgan fingerprint density at radius 1 is 1.38 bits per heavy atom. The summed E-state index contributed by atoms with van der Waals surface area (Å²) in [5.41, 5.74) is 4.93. The molecule has 0 aromatic carbocycles. The number of rotatable bonds is 5. The normalized spacial score (nSPS) is 13.0. The maximum absolute atomic E-state index is 11.4. The molecular weight excluding hydrogens is 210 g/mol. The second-order valence-corrected chi connectivity index (χ2v) is 4.71. The molecule has 0 heterocycles. The molecule has 16 heavy (non-hydrogen) atoms. The largest absolute Gasteiger partial charge is 0.481 e. The summed E-state index contributed by atoms with van der Waals surface area (Å²) in [5.74, 6) is -0.931. The van der Waals surface area contributed by atoms with Crippen LogP contribution >= 0.6 is 0 Å². The summed E-state index contributed by atoms with van der Waals surface area (Å²) in [6, 6.07) is -0.797. The van der Waals surface area contributed by atoms with Gasteiger partial charge in [-0.3, -0.25) is 4.79 Å². The van der Waals surface area contributed by atoms with Crippen LogP contribution in [0.5, 0.6) is 0 Å². The number of urea groups is 1. The van der Waals surface area contributed by atoms with Crippen LogP contribution in [-0.2, 0) is 4.79 Å². The summed E-state index contributed by atoms with van der Waals surface area (Å²) >= 11 is 0. The Balaban J connectivity index is 4.32.